The SMILES string of the molecule is C/C=C/c1ccccc1.Nc1ccc(N)c2cc(S(=O)(=O)O)ccc12.Nc1ccc(NC=O)c2ccc(S(=O)(=O)O)cc12.Nc1ccc2c(S(=O)(=O)O)cc(S(=O)(=O)O)c(N)c2c1O. The van der Waals surface area contributed by atoms with Crippen molar-refractivity contribution in [1.29, 1.82) is 0 Å². The van der Waals surface area contributed by atoms with Gasteiger partial charge < -0.3 is 39.1 Å². The van der Waals surface area contributed by atoms with Gasteiger partial charge in [0.25, 0.3) is 40.5 Å². The number of rotatable bonds is 7. The first-order valence-corrected chi connectivity index (χ1v) is 23.5. The second-order valence-electron chi connectivity index (χ2n) is 13.1. The quantitative estimate of drug-likeness (QED) is 0.0411. The number of aromatic hydroxyl groups is 1. The number of phenolic OH excluding ortho intramolecular Hbond substituents is 1. The van der Waals surface area contributed by atoms with Gasteiger partial charge in [0, 0.05) is 49.7 Å². The van der Waals surface area contributed by atoms with E-state index in [4.69, 9.17) is 42.3 Å². The van der Waals surface area contributed by atoms with Crippen LogP contribution in [0, 0.1) is 0 Å². The lowest BCUT2D eigenvalue weighted by molar-refractivity contribution is -0.105. The molecule has 0 radical (unpaired) electrons. The fourth-order valence-corrected chi connectivity index (χ4v) is 8.35. The van der Waals surface area contributed by atoms with Crippen LogP contribution in [0.15, 0.2) is 135 Å². The number of carbonyl (C=O) groups excluding carboxylic acids is 1. The minimum Gasteiger partial charge on any atom is -0.505 e. The van der Waals surface area contributed by atoms with E-state index >= 15 is 0 Å². The molecule has 64 heavy (non-hydrogen) atoms. The van der Waals surface area contributed by atoms with Crippen molar-refractivity contribution in [3.05, 3.63) is 121 Å². The summed E-state index contributed by atoms with van der Waals surface area (Å²) in [6.45, 7) is 2.02. The molecule has 338 valence electrons. The van der Waals surface area contributed by atoms with Crippen molar-refractivity contribution in [1.82, 2.24) is 0 Å². The van der Waals surface area contributed by atoms with Crippen LogP contribution in [0.4, 0.5) is 34.1 Å². The summed E-state index contributed by atoms with van der Waals surface area (Å²) in [5, 5.41) is 13.9. The summed E-state index contributed by atoms with van der Waals surface area (Å²) in [5.74, 6) is -0.666. The zero-order chi connectivity index (χ0) is 47.9. The molecule has 1 amide bonds. The second kappa shape index (κ2) is 19.6. The maximum Gasteiger partial charge on any atom is 0.296 e. The molecular formula is C40H40N6O14S4. The van der Waals surface area contributed by atoms with Gasteiger partial charge in [-0.05, 0) is 73.2 Å². The minimum atomic E-state index is -4.89. The van der Waals surface area contributed by atoms with Crippen molar-refractivity contribution in [2.75, 3.05) is 34.0 Å². The number of fused-ring (bicyclic) bond motifs is 3. The van der Waals surface area contributed by atoms with Crippen molar-refractivity contribution in [2.45, 2.75) is 26.5 Å². The highest BCUT2D eigenvalue weighted by atomic mass is 32.2. The number of nitrogen functional groups attached to an aromatic ring is 5. The second-order valence-corrected chi connectivity index (χ2v) is 18.8. The predicted octanol–water partition coefficient (Wildman–Crippen LogP) is 5.41. The van der Waals surface area contributed by atoms with Gasteiger partial charge in [0.1, 0.15) is 15.5 Å². The Morgan fingerprint density at radius 2 is 0.953 bits per heavy atom. The monoisotopic (exact) mass is 956 g/mol. The van der Waals surface area contributed by atoms with Gasteiger partial charge in [-0.1, -0.05) is 60.7 Å². The van der Waals surface area contributed by atoms with E-state index in [9.17, 15) is 48.1 Å². The van der Waals surface area contributed by atoms with E-state index in [2.05, 4.69) is 23.5 Å². The number of nitrogens with two attached hydrogens (primary N) is 5. The Hall–Kier alpha value is -7.03. The Morgan fingerprint density at radius 3 is 1.44 bits per heavy atom. The summed E-state index contributed by atoms with van der Waals surface area (Å²) in [7, 11) is -18.2. The zero-order valence-corrected chi connectivity index (χ0v) is 36.3. The lowest BCUT2D eigenvalue weighted by atomic mass is 10.1. The normalized spacial score (nSPS) is 11.8. The molecule has 0 aliphatic rings. The Bertz CT molecular complexity index is 3410. The molecule has 0 saturated heterocycles. The van der Waals surface area contributed by atoms with Crippen LogP contribution in [0.5, 0.6) is 5.75 Å². The zero-order valence-electron chi connectivity index (χ0n) is 33.1. The molecule has 0 aromatic heterocycles. The highest BCUT2D eigenvalue weighted by Gasteiger charge is 2.26. The van der Waals surface area contributed by atoms with Crippen LogP contribution in [-0.2, 0) is 45.3 Å². The van der Waals surface area contributed by atoms with Crippen LogP contribution >= 0.6 is 0 Å². The number of amides is 1. The summed E-state index contributed by atoms with van der Waals surface area (Å²) in [4.78, 5) is 8.20. The Labute approximate surface area is 366 Å². The maximum absolute atomic E-state index is 11.4. The lowest BCUT2D eigenvalue weighted by Crippen LogP contribution is -2.08. The topological polar surface area (TPSA) is 397 Å². The van der Waals surface area contributed by atoms with Crippen molar-refractivity contribution in [2.24, 2.45) is 0 Å². The molecule has 0 bridgehead atoms. The van der Waals surface area contributed by atoms with Gasteiger partial charge in [0.2, 0.25) is 6.41 Å². The summed E-state index contributed by atoms with van der Waals surface area (Å²) in [6.07, 6.45) is 4.64. The third-order valence-corrected chi connectivity index (χ3v) is 12.4. The van der Waals surface area contributed by atoms with Crippen molar-refractivity contribution in [3.8, 4) is 5.75 Å². The van der Waals surface area contributed by atoms with Gasteiger partial charge in [-0.25, -0.2) is 0 Å². The van der Waals surface area contributed by atoms with Crippen LogP contribution in [0.3, 0.4) is 0 Å². The third kappa shape index (κ3) is 11.9. The van der Waals surface area contributed by atoms with E-state index < -0.39 is 67.1 Å². The number of carbonyl (C=O) groups is 1. The Kier molecular flexibility index (Phi) is 15.2. The van der Waals surface area contributed by atoms with Gasteiger partial charge in [0.15, 0.2) is 0 Å². The van der Waals surface area contributed by atoms with E-state index in [1.807, 2.05) is 31.2 Å². The van der Waals surface area contributed by atoms with Gasteiger partial charge in [-0.2, -0.15) is 33.7 Å². The Balaban J connectivity index is 0.000000193. The molecule has 7 aromatic carbocycles. The lowest BCUT2D eigenvalue weighted by Gasteiger charge is -2.13. The molecule has 0 unspecified atom stereocenters. The third-order valence-electron chi connectivity index (χ3n) is 8.87. The Morgan fingerprint density at radius 1 is 0.500 bits per heavy atom. The molecular weight excluding hydrogens is 917 g/mol. The minimum absolute atomic E-state index is 0.192. The summed E-state index contributed by atoms with van der Waals surface area (Å²) in [6, 6.07) is 27.5. The van der Waals surface area contributed by atoms with E-state index in [0.29, 0.717) is 56.8 Å². The van der Waals surface area contributed by atoms with Crippen molar-refractivity contribution in [3.63, 3.8) is 0 Å². The average molecular weight is 957 g/mol. The summed E-state index contributed by atoms with van der Waals surface area (Å²) < 4.78 is 125. The van der Waals surface area contributed by atoms with E-state index in [0.717, 1.165) is 12.1 Å². The van der Waals surface area contributed by atoms with E-state index in [-0.39, 0.29) is 20.9 Å². The molecule has 7 rings (SSSR count). The van der Waals surface area contributed by atoms with Crippen LogP contribution < -0.4 is 34.0 Å². The molecule has 0 atom stereocenters. The number of phenols is 1. The molecule has 20 nitrogen and oxygen atoms in total. The molecule has 0 saturated carbocycles. The molecule has 24 heteroatoms. The highest BCUT2D eigenvalue weighted by molar-refractivity contribution is 7.87. The molecule has 0 aliphatic heterocycles. The predicted molar refractivity (Wildman–Crippen MR) is 246 cm³/mol. The first-order chi connectivity index (χ1) is 29.7. The van der Waals surface area contributed by atoms with Gasteiger partial charge in [-0.15, -0.1) is 0 Å². The average Bonchev–Trinajstić information content (AvgIpc) is 3.21. The highest BCUT2D eigenvalue weighted by Crippen LogP contribution is 2.41. The fraction of sp³-hybridized carbons (Fsp3) is 0.0250. The van der Waals surface area contributed by atoms with E-state index in [1.54, 1.807) is 24.3 Å². The van der Waals surface area contributed by atoms with E-state index in [1.165, 1.54) is 42.0 Å². The summed E-state index contributed by atoms with van der Waals surface area (Å²) >= 11 is 0. The first kappa shape index (κ1) is 49.6. The van der Waals surface area contributed by atoms with Gasteiger partial charge >= 0.3 is 0 Å². The largest absolute Gasteiger partial charge is 0.505 e. The first-order valence-electron chi connectivity index (χ1n) is 17.7. The van der Waals surface area contributed by atoms with Crippen LogP contribution in [0.25, 0.3) is 38.4 Å². The standard InChI is InChI=1S/C11H10N2O4S.C10H10N2O7S2.C10H10N2O3S.C9H10/c12-10-3-4-11(13-6-14)8-2-1-7(5-9(8)10)18(15,16)17;11-5-2-1-4-6(20(14,15)16)3-7(21(17,18)19)9(12)8(4)10(5)13;11-9-3-4-10(12)8-5-6(16(13,14)15)1-2-7(8)9;1-2-6-9-7-4-3-5-8-9/h1-6H,12H2,(H,13,14)(H,15,16,17);1-3,13H,11-12H2,(H,14,15,16)(H,17,18,19);1-5H,11-12H2,(H,13,14,15);2-8H,1H3/b;;;6-2+. The summed E-state index contributed by atoms with van der Waals surface area (Å²) in [5.41, 5.74) is 30.4. The van der Waals surface area contributed by atoms with Crippen LogP contribution in [-0.4, -0.2) is 63.4 Å². The van der Waals surface area contributed by atoms with Gasteiger partial charge in [-0.3, -0.25) is 23.0 Å². The molecule has 0 spiro atoms. The molecule has 7 aromatic rings. The maximum atomic E-state index is 11.4. The number of benzene rings is 7. The smallest absolute Gasteiger partial charge is 0.296 e. The number of hydrogen-bond donors (Lipinski definition) is 11. The number of nitrogens with one attached hydrogen (secondary N) is 1. The number of anilines is 6. The molecule has 0 fully saturated rings. The molecule has 16 N–H and O–H groups in total. The molecule has 0 aliphatic carbocycles. The van der Waals surface area contributed by atoms with Crippen LogP contribution in [0.1, 0.15) is 12.5 Å². The van der Waals surface area contributed by atoms with Crippen molar-refractivity contribution < 1.29 is 61.8 Å². The van der Waals surface area contributed by atoms with Crippen LogP contribution in [0.2, 0.25) is 0 Å². The number of hydrogen-bond acceptors (Lipinski definition) is 15. The van der Waals surface area contributed by atoms with Crippen molar-refractivity contribution >= 4 is 119 Å². The van der Waals surface area contributed by atoms with Gasteiger partial charge in [0.05, 0.1) is 26.6 Å². The number of allylic oxidation sites excluding steroid dienone is 1. The fourth-order valence-electron chi connectivity index (χ4n) is 5.90. The molecule has 0 heterocycles.